The lowest BCUT2D eigenvalue weighted by molar-refractivity contribution is 0.379. The molecular formula is C16H27N3. The molecule has 0 saturated carbocycles. The number of nitrogens with zero attached hydrogens (tertiary/aromatic N) is 1. The highest BCUT2D eigenvalue weighted by Crippen LogP contribution is 2.21. The highest BCUT2D eigenvalue weighted by atomic mass is 15.2. The van der Waals surface area contributed by atoms with Crippen molar-refractivity contribution in [2.75, 3.05) is 25.6 Å². The molecule has 0 aliphatic rings. The molecule has 2 N–H and O–H groups in total. The number of hydrogen-bond acceptors (Lipinski definition) is 3. The van der Waals surface area contributed by atoms with E-state index >= 15 is 0 Å². The van der Waals surface area contributed by atoms with Crippen molar-refractivity contribution in [2.45, 2.75) is 33.7 Å². The normalized spacial score (nSPS) is 12.3. The zero-order valence-corrected chi connectivity index (χ0v) is 12.9. The van der Waals surface area contributed by atoms with Crippen molar-refractivity contribution >= 4 is 5.69 Å². The summed E-state index contributed by atoms with van der Waals surface area (Å²) in [4.78, 5) is 2.23. The van der Waals surface area contributed by atoms with Crippen molar-refractivity contribution in [2.24, 2.45) is 0 Å². The first-order valence-electron chi connectivity index (χ1n) is 6.89. The zero-order chi connectivity index (χ0) is 14.4. The van der Waals surface area contributed by atoms with Gasteiger partial charge in [-0.25, -0.2) is 0 Å². The molecule has 3 heteroatoms. The Kier molecular flexibility index (Phi) is 5.90. The summed E-state index contributed by atoms with van der Waals surface area (Å²) in [6.45, 7) is 14.2. The van der Waals surface area contributed by atoms with Gasteiger partial charge in [0, 0.05) is 17.4 Å². The van der Waals surface area contributed by atoms with Gasteiger partial charge in [0.25, 0.3) is 0 Å². The molecule has 1 aromatic rings. The van der Waals surface area contributed by atoms with Crippen molar-refractivity contribution in [1.29, 1.82) is 0 Å². The Balaban J connectivity index is 2.71. The largest absolute Gasteiger partial charge is 0.383 e. The van der Waals surface area contributed by atoms with E-state index in [0.29, 0.717) is 6.04 Å². The quantitative estimate of drug-likeness (QED) is 0.736. The summed E-state index contributed by atoms with van der Waals surface area (Å²) >= 11 is 0. The predicted octanol–water partition coefficient (Wildman–Crippen LogP) is 3.50. The van der Waals surface area contributed by atoms with E-state index in [1.165, 1.54) is 16.8 Å². The van der Waals surface area contributed by atoms with E-state index < -0.39 is 0 Å². The summed E-state index contributed by atoms with van der Waals surface area (Å²) in [6, 6.07) is 6.85. The lowest BCUT2D eigenvalue weighted by Crippen LogP contribution is -2.25. The fraction of sp³-hybridized carbons (Fsp3) is 0.500. The minimum Gasteiger partial charge on any atom is -0.383 e. The molecule has 1 rings (SSSR count). The van der Waals surface area contributed by atoms with Crippen LogP contribution in [0.2, 0.25) is 0 Å². The number of aryl methyl sites for hydroxylation is 1. The van der Waals surface area contributed by atoms with Crippen LogP contribution in [0.1, 0.15) is 37.9 Å². The standard InChI is InChI=1S/C16H27N3/c1-7-19(6)11-17-16-9-8-15(10-13(16)4)14(5)18-12(2)3/h8-10,14,17-18H,2,7,11H2,1,3-6H3. The van der Waals surface area contributed by atoms with Gasteiger partial charge in [-0.1, -0.05) is 25.6 Å². The van der Waals surface area contributed by atoms with Crippen LogP contribution in [0.15, 0.2) is 30.5 Å². The van der Waals surface area contributed by atoms with Crippen LogP contribution in [0.3, 0.4) is 0 Å². The molecule has 0 saturated heterocycles. The number of nitrogens with one attached hydrogen (secondary N) is 2. The van der Waals surface area contributed by atoms with Crippen LogP contribution < -0.4 is 10.6 Å². The Hall–Kier alpha value is -1.48. The van der Waals surface area contributed by atoms with Gasteiger partial charge in [0.15, 0.2) is 0 Å². The third kappa shape index (κ3) is 4.95. The van der Waals surface area contributed by atoms with Crippen molar-refractivity contribution in [3.05, 3.63) is 41.6 Å². The zero-order valence-electron chi connectivity index (χ0n) is 12.9. The summed E-state index contributed by atoms with van der Waals surface area (Å²) in [7, 11) is 2.11. The van der Waals surface area contributed by atoms with Gasteiger partial charge in [0.2, 0.25) is 0 Å². The summed E-state index contributed by atoms with van der Waals surface area (Å²) in [6.07, 6.45) is 0. The first-order valence-corrected chi connectivity index (χ1v) is 6.89. The van der Waals surface area contributed by atoms with Crippen LogP contribution in [0.5, 0.6) is 0 Å². The lowest BCUT2D eigenvalue weighted by Gasteiger charge is -2.19. The van der Waals surface area contributed by atoms with Gasteiger partial charge in [0.05, 0.1) is 6.67 Å². The van der Waals surface area contributed by atoms with Gasteiger partial charge >= 0.3 is 0 Å². The third-order valence-electron chi connectivity index (χ3n) is 3.29. The maximum absolute atomic E-state index is 3.89. The molecule has 106 valence electrons. The van der Waals surface area contributed by atoms with Gasteiger partial charge in [-0.05, 0) is 51.6 Å². The summed E-state index contributed by atoms with van der Waals surface area (Å²) in [5, 5.41) is 6.80. The molecule has 0 amide bonds. The van der Waals surface area contributed by atoms with Gasteiger partial charge in [-0.3, -0.25) is 4.90 Å². The molecule has 0 aliphatic carbocycles. The summed E-state index contributed by atoms with van der Waals surface area (Å²) in [5.41, 5.74) is 4.76. The average Bonchev–Trinajstić information content (AvgIpc) is 2.35. The number of benzene rings is 1. The molecular weight excluding hydrogens is 234 g/mol. The highest BCUT2D eigenvalue weighted by molar-refractivity contribution is 5.52. The molecule has 1 unspecified atom stereocenters. The predicted molar refractivity (Wildman–Crippen MR) is 84.3 cm³/mol. The van der Waals surface area contributed by atoms with E-state index in [1.807, 2.05) is 6.92 Å². The second-order valence-corrected chi connectivity index (χ2v) is 5.23. The van der Waals surface area contributed by atoms with Crippen molar-refractivity contribution < 1.29 is 0 Å². The second-order valence-electron chi connectivity index (χ2n) is 5.23. The van der Waals surface area contributed by atoms with Crippen LogP contribution in [0.25, 0.3) is 0 Å². The first kappa shape index (κ1) is 15.6. The Morgan fingerprint density at radius 2 is 2.11 bits per heavy atom. The van der Waals surface area contributed by atoms with E-state index in [-0.39, 0.29) is 0 Å². The Morgan fingerprint density at radius 3 is 2.63 bits per heavy atom. The fourth-order valence-corrected chi connectivity index (χ4v) is 1.94. The molecule has 0 fully saturated rings. The van der Waals surface area contributed by atoms with E-state index in [9.17, 15) is 0 Å². The lowest BCUT2D eigenvalue weighted by atomic mass is 10.0. The topological polar surface area (TPSA) is 27.3 Å². The minimum absolute atomic E-state index is 0.295. The SMILES string of the molecule is C=C(C)NC(C)c1ccc(NCN(C)CC)c(C)c1. The van der Waals surface area contributed by atoms with Gasteiger partial charge in [-0.15, -0.1) is 0 Å². The number of rotatable bonds is 7. The Labute approximate surface area is 117 Å². The summed E-state index contributed by atoms with van der Waals surface area (Å²) < 4.78 is 0. The smallest absolute Gasteiger partial charge is 0.0675 e. The molecule has 19 heavy (non-hydrogen) atoms. The number of allylic oxidation sites excluding steroid dienone is 1. The highest BCUT2D eigenvalue weighted by Gasteiger charge is 2.07. The average molecular weight is 261 g/mol. The maximum atomic E-state index is 3.89. The number of hydrogen-bond donors (Lipinski definition) is 2. The van der Waals surface area contributed by atoms with Crippen LogP contribution in [-0.2, 0) is 0 Å². The van der Waals surface area contributed by atoms with Crippen LogP contribution in [0, 0.1) is 6.92 Å². The third-order valence-corrected chi connectivity index (χ3v) is 3.29. The monoisotopic (exact) mass is 261 g/mol. The van der Waals surface area contributed by atoms with Crippen LogP contribution >= 0.6 is 0 Å². The molecule has 1 aromatic carbocycles. The molecule has 0 radical (unpaired) electrons. The molecule has 0 bridgehead atoms. The molecule has 0 spiro atoms. The summed E-state index contributed by atoms with van der Waals surface area (Å²) in [5.74, 6) is 0. The molecule has 0 aliphatic heterocycles. The van der Waals surface area contributed by atoms with Crippen molar-refractivity contribution in [1.82, 2.24) is 10.2 Å². The van der Waals surface area contributed by atoms with E-state index in [1.54, 1.807) is 0 Å². The Morgan fingerprint density at radius 1 is 1.42 bits per heavy atom. The van der Waals surface area contributed by atoms with Crippen LogP contribution in [-0.4, -0.2) is 25.2 Å². The van der Waals surface area contributed by atoms with E-state index in [4.69, 9.17) is 0 Å². The second kappa shape index (κ2) is 7.19. The van der Waals surface area contributed by atoms with Crippen molar-refractivity contribution in [3.8, 4) is 0 Å². The van der Waals surface area contributed by atoms with E-state index in [0.717, 1.165) is 18.9 Å². The fourth-order valence-electron chi connectivity index (χ4n) is 1.94. The number of anilines is 1. The molecule has 0 heterocycles. The van der Waals surface area contributed by atoms with Gasteiger partial charge < -0.3 is 10.6 Å². The Bertz CT molecular complexity index is 426. The van der Waals surface area contributed by atoms with Gasteiger partial charge in [-0.2, -0.15) is 0 Å². The van der Waals surface area contributed by atoms with Crippen LogP contribution in [0.4, 0.5) is 5.69 Å². The van der Waals surface area contributed by atoms with E-state index in [2.05, 4.69) is 68.1 Å². The van der Waals surface area contributed by atoms with Gasteiger partial charge in [0.1, 0.15) is 0 Å². The van der Waals surface area contributed by atoms with Crippen molar-refractivity contribution in [3.63, 3.8) is 0 Å². The first-order chi connectivity index (χ1) is 8.93. The maximum Gasteiger partial charge on any atom is 0.0675 e. The molecule has 0 aromatic heterocycles. The molecule has 1 atom stereocenters. The minimum atomic E-state index is 0.295. The molecule has 3 nitrogen and oxygen atoms in total.